The average molecular weight is 556 g/mol. The van der Waals surface area contributed by atoms with Crippen molar-refractivity contribution >= 4 is 59.1 Å². The molecule has 0 aliphatic heterocycles. The van der Waals surface area contributed by atoms with Gasteiger partial charge >= 0.3 is 0 Å². The number of ether oxygens (including phenoxy) is 2. The molecule has 0 bridgehead atoms. The molecule has 0 aliphatic rings. The van der Waals surface area contributed by atoms with Crippen LogP contribution in [0.4, 0.5) is 0 Å². The maximum Gasteiger partial charge on any atom is 0.230 e. The molecule has 1 aromatic heterocycles. The van der Waals surface area contributed by atoms with Gasteiger partial charge in [-0.1, -0.05) is 66.9 Å². The van der Waals surface area contributed by atoms with Gasteiger partial charge in [0.15, 0.2) is 17.3 Å². The van der Waals surface area contributed by atoms with Crippen molar-refractivity contribution in [3.05, 3.63) is 87.0 Å². The molecular weight excluding hydrogens is 530 g/mol. The Hall–Kier alpha value is -2.28. The number of carbonyl (C=O) groups excluding carboxylic acids is 1. The second-order valence-corrected chi connectivity index (χ2v) is 8.55. The molecular formula is C26H26Cl4N2O3. The third kappa shape index (κ3) is 8.41. The number of hydrogen-bond donors (Lipinski definition) is 0. The first kappa shape index (κ1) is 29.0. The van der Waals surface area contributed by atoms with E-state index in [1.807, 2.05) is 12.1 Å². The Morgan fingerprint density at radius 1 is 1.00 bits per heavy atom. The maximum atomic E-state index is 12.9. The molecule has 0 N–H and O–H groups in total. The molecule has 0 atom stereocenters. The van der Waals surface area contributed by atoms with Gasteiger partial charge in [0.2, 0.25) is 5.88 Å². The molecule has 0 aliphatic carbocycles. The van der Waals surface area contributed by atoms with Crippen molar-refractivity contribution in [1.82, 2.24) is 9.88 Å². The second kappa shape index (κ2) is 14.3. The SMILES string of the molecule is CCN(CC)CCOc1cc(Cl)c(Cl)cc1Oc1ncccc1C(=O)/C=C/c1ccc(Cl)cc1.Cl. The van der Waals surface area contributed by atoms with E-state index in [1.165, 1.54) is 6.08 Å². The molecule has 0 amide bonds. The standard InChI is InChI=1S/C26H25Cl3N2O3.ClH/c1-3-31(4-2)14-15-33-24-16-21(28)22(29)17-25(24)34-26-20(6-5-13-30-26)23(32)12-9-18-7-10-19(27)11-8-18;/h5-13,16-17H,3-4,14-15H2,1-2H3;1H/b12-9+;. The highest BCUT2D eigenvalue weighted by molar-refractivity contribution is 6.42. The van der Waals surface area contributed by atoms with Gasteiger partial charge in [-0.3, -0.25) is 4.79 Å². The van der Waals surface area contributed by atoms with Crippen molar-refractivity contribution in [2.75, 3.05) is 26.2 Å². The summed E-state index contributed by atoms with van der Waals surface area (Å²) in [5, 5.41) is 1.28. The summed E-state index contributed by atoms with van der Waals surface area (Å²) < 4.78 is 12.0. The Bertz CT molecular complexity index is 1150. The van der Waals surface area contributed by atoms with Crippen LogP contribution in [0.3, 0.4) is 0 Å². The number of pyridine rings is 1. The molecule has 0 saturated carbocycles. The first-order chi connectivity index (χ1) is 16.4. The third-order valence-corrected chi connectivity index (χ3v) is 6.06. The van der Waals surface area contributed by atoms with Gasteiger partial charge in [-0.15, -0.1) is 12.4 Å². The van der Waals surface area contributed by atoms with Crippen LogP contribution in [0.15, 0.2) is 60.8 Å². The zero-order valence-corrected chi connectivity index (χ0v) is 22.4. The molecule has 0 unspecified atom stereocenters. The van der Waals surface area contributed by atoms with Crippen LogP contribution >= 0.6 is 47.2 Å². The van der Waals surface area contributed by atoms with Crippen LogP contribution in [-0.4, -0.2) is 41.9 Å². The number of benzene rings is 2. The van der Waals surface area contributed by atoms with Gasteiger partial charge in [-0.2, -0.15) is 0 Å². The van der Waals surface area contributed by atoms with Crippen molar-refractivity contribution in [3.63, 3.8) is 0 Å². The molecule has 2 aromatic carbocycles. The average Bonchev–Trinajstić information content (AvgIpc) is 2.84. The lowest BCUT2D eigenvalue weighted by molar-refractivity contribution is 0.104. The molecule has 0 radical (unpaired) electrons. The van der Waals surface area contributed by atoms with Crippen LogP contribution in [0.1, 0.15) is 29.8 Å². The lowest BCUT2D eigenvalue weighted by Crippen LogP contribution is -2.27. The van der Waals surface area contributed by atoms with E-state index in [1.54, 1.807) is 48.7 Å². The fraction of sp³-hybridized carbons (Fsp3) is 0.231. The Morgan fingerprint density at radius 3 is 2.31 bits per heavy atom. The number of carbonyl (C=O) groups is 1. The van der Waals surface area contributed by atoms with E-state index >= 15 is 0 Å². The first-order valence-corrected chi connectivity index (χ1v) is 12.0. The van der Waals surface area contributed by atoms with E-state index in [2.05, 4.69) is 23.7 Å². The van der Waals surface area contributed by atoms with Gasteiger partial charge in [0.1, 0.15) is 6.61 Å². The summed E-state index contributed by atoms with van der Waals surface area (Å²) in [5.74, 6) is 0.619. The molecule has 3 rings (SSSR count). The fourth-order valence-electron chi connectivity index (χ4n) is 3.13. The minimum atomic E-state index is -0.262. The molecule has 5 nitrogen and oxygen atoms in total. The lowest BCUT2D eigenvalue weighted by Gasteiger charge is -2.19. The number of allylic oxidation sites excluding steroid dienone is 1. The molecule has 186 valence electrons. The van der Waals surface area contributed by atoms with Gasteiger partial charge in [0, 0.05) is 29.9 Å². The molecule has 3 aromatic rings. The van der Waals surface area contributed by atoms with Crippen LogP contribution in [0.25, 0.3) is 6.08 Å². The van der Waals surface area contributed by atoms with E-state index in [0.717, 1.165) is 25.2 Å². The zero-order chi connectivity index (χ0) is 24.5. The van der Waals surface area contributed by atoms with Crippen molar-refractivity contribution < 1.29 is 14.3 Å². The quantitative estimate of drug-likeness (QED) is 0.178. The Morgan fingerprint density at radius 2 is 1.66 bits per heavy atom. The van der Waals surface area contributed by atoms with Crippen molar-refractivity contribution in [1.29, 1.82) is 0 Å². The number of aromatic nitrogens is 1. The fourth-order valence-corrected chi connectivity index (χ4v) is 3.56. The molecule has 1 heterocycles. The summed E-state index contributed by atoms with van der Waals surface area (Å²) in [7, 11) is 0. The third-order valence-electron chi connectivity index (χ3n) is 5.09. The predicted molar refractivity (Wildman–Crippen MR) is 146 cm³/mol. The predicted octanol–water partition coefficient (Wildman–Crippen LogP) is 7.87. The topological polar surface area (TPSA) is 51.7 Å². The van der Waals surface area contributed by atoms with Crippen molar-refractivity contribution in [3.8, 4) is 17.4 Å². The summed E-state index contributed by atoms with van der Waals surface area (Å²) in [4.78, 5) is 19.4. The highest BCUT2D eigenvalue weighted by atomic mass is 35.5. The van der Waals surface area contributed by atoms with E-state index in [4.69, 9.17) is 44.3 Å². The minimum absolute atomic E-state index is 0. The normalized spacial score (nSPS) is 10.9. The van der Waals surface area contributed by atoms with Crippen LogP contribution in [0.5, 0.6) is 17.4 Å². The molecule has 0 fully saturated rings. The maximum absolute atomic E-state index is 12.9. The van der Waals surface area contributed by atoms with Gasteiger partial charge in [0.25, 0.3) is 0 Å². The van der Waals surface area contributed by atoms with Crippen molar-refractivity contribution in [2.24, 2.45) is 0 Å². The number of ketones is 1. The number of halogens is 4. The van der Waals surface area contributed by atoms with Crippen molar-refractivity contribution in [2.45, 2.75) is 13.8 Å². The van der Waals surface area contributed by atoms with Gasteiger partial charge in [-0.05, 0) is 49.0 Å². The second-order valence-electron chi connectivity index (χ2n) is 7.30. The van der Waals surface area contributed by atoms with Crippen LogP contribution < -0.4 is 9.47 Å². The number of likely N-dealkylation sites (N-methyl/N-ethyl adjacent to an activating group) is 1. The van der Waals surface area contributed by atoms with E-state index in [9.17, 15) is 4.79 Å². The summed E-state index contributed by atoms with van der Waals surface area (Å²) >= 11 is 18.4. The summed E-state index contributed by atoms with van der Waals surface area (Å²) in [6, 6.07) is 13.7. The minimum Gasteiger partial charge on any atom is -0.488 e. The van der Waals surface area contributed by atoms with Crippen LogP contribution in [0, 0.1) is 0 Å². The number of hydrogen-bond acceptors (Lipinski definition) is 5. The Kier molecular flexibility index (Phi) is 11.8. The number of nitrogens with zero attached hydrogens (tertiary/aromatic N) is 2. The van der Waals surface area contributed by atoms with Crippen LogP contribution in [-0.2, 0) is 0 Å². The highest BCUT2D eigenvalue weighted by Gasteiger charge is 2.17. The summed E-state index contributed by atoms with van der Waals surface area (Å²) in [6.45, 7) is 7.22. The van der Waals surface area contributed by atoms with E-state index in [-0.39, 0.29) is 24.1 Å². The summed E-state index contributed by atoms with van der Waals surface area (Å²) in [6.07, 6.45) is 4.72. The van der Waals surface area contributed by atoms with Gasteiger partial charge in [0.05, 0.1) is 15.6 Å². The largest absolute Gasteiger partial charge is 0.488 e. The highest BCUT2D eigenvalue weighted by Crippen LogP contribution is 2.39. The van der Waals surface area contributed by atoms with E-state index in [0.29, 0.717) is 38.7 Å². The van der Waals surface area contributed by atoms with E-state index < -0.39 is 0 Å². The Labute approximate surface area is 227 Å². The lowest BCUT2D eigenvalue weighted by atomic mass is 10.1. The monoisotopic (exact) mass is 554 g/mol. The zero-order valence-electron chi connectivity index (χ0n) is 19.3. The molecule has 35 heavy (non-hydrogen) atoms. The van der Waals surface area contributed by atoms with Crippen LogP contribution in [0.2, 0.25) is 15.1 Å². The molecule has 0 spiro atoms. The van der Waals surface area contributed by atoms with Gasteiger partial charge < -0.3 is 14.4 Å². The molecule has 9 heteroatoms. The summed E-state index contributed by atoms with van der Waals surface area (Å²) in [5.41, 5.74) is 1.14. The Balaban J connectivity index is 0.00000432. The molecule has 0 saturated heterocycles. The van der Waals surface area contributed by atoms with Gasteiger partial charge in [-0.25, -0.2) is 4.98 Å². The first-order valence-electron chi connectivity index (χ1n) is 10.9. The smallest absolute Gasteiger partial charge is 0.230 e. The number of rotatable bonds is 11.